The van der Waals surface area contributed by atoms with E-state index in [2.05, 4.69) is 39.7 Å². The lowest BCUT2D eigenvalue weighted by atomic mass is 10.1. The highest BCUT2D eigenvalue weighted by Gasteiger charge is 2.14. The molecule has 2 aromatic rings. The Balaban J connectivity index is 2.39. The summed E-state index contributed by atoms with van der Waals surface area (Å²) < 4.78 is 0.756. The second-order valence-corrected chi connectivity index (χ2v) is 7.13. The fraction of sp³-hybridized carbons (Fsp3) is 0.333. The van der Waals surface area contributed by atoms with E-state index in [-0.39, 0.29) is 0 Å². The SMILES string of the molecule is CC(C)Cc1nc(Cc2c(Cl)cccc2Cl)nc(Cl)c1Br. The van der Waals surface area contributed by atoms with Gasteiger partial charge in [-0.3, -0.25) is 0 Å². The summed E-state index contributed by atoms with van der Waals surface area (Å²) in [5, 5.41) is 1.63. The predicted molar refractivity (Wildman–Crippen MR) is 92.6 cm³/mol. The number of hydrogen-bond donors (Lipinski definition) is 0. The molecule has 1 aromatic heterocycles. The Kier molecular flexibility index (Phi) is 5.89. The fourth-order valence-corrected chi connectivity index (χ4v) is 3.05. The van der Waals surface area contributed by atoms with Crippen LogP contribution in [0.15, 0.2) is 22.7 Å². The minimum absolute atomic E-state index is 0.416. The Hall–Kier alpha value is -0.350. The molecule has 0 unspecified atom stereocenters. The van der Waals surface area contributed by atoms with Crippen LogP contribution in [-0.2, 0) is 12.8 Å². The highest BCUT2D eigenvalue weighted by atomic mass is 79.9. The molecule has 0 amide bonds. The molecular weight excluding hydrogens is 394 g/mol. The van der Waals surface area contributed by atoms with Gasteiger partial charge in [0, 0.05) is 16.5 Å². The van der Waals surface area contributed by atoms with Crippen LogP contribution in [0.25, 0.3) is 0 Å². The van der Waals surface area contributed by atoms with Crippen LogP contribution in [0.2, 0.25) is 15.2 Å². The molecule has 0 aliphatic heterocycles. The highest BCUT2D eigenvalue weighted by Crippen LogP contribution is 2.29. The number of halogens is 4. The van der Waals surface area contributed by atoms with Crippen LogP contribution in [-0.4, -0.2) is 9.97 Å². The molecule has 0 saturated heterocycles. The lowest BCUT2D eigenvalue weighted by Gasteiger charge is -2.11. The molecule has 0 aliphatic carbocycles. The Labute approximate surface area is 148 Å². The molecule has 112 valence electrons. The quantitative estimate of drug-likeness (QED) is 0.581. The normalized spacial score (nSPS) is 11.2. The maximum absolute atomic E-state index is 6.19. The molecular formula is C15H14BrCl3N2. The van der Waals surface area contributed by atoms with Gasteiger partial charge in [-0.05, 0) is 46.0 Å². The van der Waals surface area contributed by atoms with E-state index < -0.39 is 0 Å². The zero-order chi connectivity index (χ0) is 15.6. The average Bonchev–Trinajstić information content (AvgIpc) is 2.39. The zero-order valence-corrected chi connectivity index (χ0v) is 15.5. The van der Waals surface area contributed by atoms with Crippen molar-refractivity contribution >= 4 is 50.7 Å². The average molecular weight is 409 g/mol. The lowest BCUT2D eigenvalue weighted by Crippen LogP contribution is -2.06. The Morgan fingerprint density at radius 3 is 2.29 bits per heavy atom. The molecule has 0 fully saturated rings. The molecule has 0 atom stereocenters. The number of hydrogen-bond acceptors (Lipinski definition) is 2. The van der Waals surface area contributed by atoms with Gasteiger partial charge in [-0.15, -0.1) is 0 Å². The summed E-state index contributed by atoms with van der Waals surface area (Å²) in [6, 6.07) is 5.42. The fourth-order valence-electron chi connectivity index (χ4n) is 1.97. The monoisotopic (exact) mass is 406 g/mol. The van der Waals surface area contributed by atoms with Crippen molar-refractivity contribution in [3.05, 3.63) is 55.0 Å². The van der Waals surface area contributed by atoms with Crippen molar-refractivity contribution < 1.29 is 0 Å². The molecule has 0 N–H and O–H groups in total. The van der Waals surface area contributed by atoms with E-state index in [0.717, 1.165) is 22.2 Å². The number of rotatable bonds is 4. The van der Waals surface area contributed by atoms with E-state index in [9.17, 15) is 0 Å². The van der Waals surface area contributed by atoms with Crippen molar-refractivity contribution in [2.45, 2.75) is 26.7 Å². The van der Waals surface area contributed by atoms with Gasteiger partial charge < -0.3 is 0 Å². The van der Waals surface area contributed by atoms with Crippen LogP contribution in [0.3, 0.4) is 0 Å². The molecule has 1 heterocycles. The van der Waals surface area contributed by atoms with Crippen molar-refractivity contribution in [2.24, 2.45) is 5.92 Å². The van der Waals surface area contributed by atoms with Crippen molar-refractivity contribution in [3.8, 4) is 0 Å². The molecule has 2 rings (SSSR count). The van der Waals surface area contributed by atoms with Crippen LogP contribution in [0, 0.1) is 5.92 Å². The second kappa shape index (κ2) is 7.28. The van der Waals surface area contributed by atoms with E-state index in [1.807, 2.05) is 6.07 Å². The first kappa shape index (κ1) is 17.0. The molecule has 1 aromatic carbocycles. The summed E-state index contributed by atoms with van der Waals surface area (Å²) >= 11 is 22.0. The lowest BCUT2D eigenvalue weighted by molar-refractivity contribution is 0.628. The zero-order valence-electron chi connectivity index (χ0n) is 11.6. The molecule has 6 heteroatoms. The largest absolute Gasteiger partial charge is 0.236 e. The third-order valence-electron chi connectivity index (χ3n) is 2.92. The summed E-state index contributed by atoms with van der Waals surface area (Å²) in [6.45, 7) is 4.26. The Morgan fingerprint density at radius 1 is 1.10 bits per heavy atom. The van der Waals surface area contributed by atoms with Crippen LogP contribution >= 0.6 is 50.7 Å². The minimum Gasteiger partial charge on any atom is -0.236 e. The molecule has 0 bridgehead atoms. The van der Waals surface area contributed by atoms with Gasteiger partial charge in [-0.2, -0.15) is 0 Å². The second-order valence-electron chi connectivity index (χ2n) is 5.17. The van der Waals surface area contributed by atoms with E-state index in [4.69, 9.17) is 34.8 Å². The first-order valence-electron chi connectivity index (χ1n) is 6.52. The third-order valence-corrected chi connectivity index (χ3v) is 4.97. The van der Waals surface area contributed by atoms with E-state index in [0.29, 0.717) is 33.4 Å². The van der Waals surface area contributed by atoms with Crippen LogP contribution < -0.4 is 0 Å². The van der Waals surface area contributed by atoms with Crippen molar-refractivity contribution in [1.82, 2.24) is 9.97 Å². The smallest absolute Gasteiger partial charge is 0.147 e. The van der Waals surface area contributed by atoms with E-state index in [1.54, 1.807) is 12.1 Å². The van der Waals surface area contributed by atoms with Crippen LogP contribution in [0.4, 0.5) is 0 Å². The standard InChI is InChI=1S/C15H14BrCl3N2/c1-8(2)6-12-14(16)15(19)21-13(20-12)7-9-10(17)4-3-5-11(9)18/h3-5,8H,6-7H2,1-2H3. The topological polar surface area (TPSA) is 25.8 Å². The number of aromatic nitrogens is 2. The highest BCUT2D eigenvalue weighted by molar-refractivity contribution is 9.10. The first-order chi connectivity index (χ1) is 9.88. The van der Waals surface area contributed by atoms with Gasteiger partial charge in [0.25, 0.3) is 0 Å². The molecule has 21 heavy (non-hydrogen) atoms. The molecule has 0 saturated carbocycles. The molecule has 0 radical (unpaired) electrons. The minimum atomic E-state index is 0.416. The number of benzene rings is 1. The summed E-state index contributed by atoms with van der Waals surface area (Å²) in [7, 11) is 0. The number of nitrogens with zero attached hydrogens (tertiary/aromatic N) is 2. The summed E-state index contributed by atoms with van der Waals surface area (Å²) in [6.07, 6.45) is 1.28. The van der Waals surface area contributed by atoms with Gasteiger partial charge >= 0.3 is 0 Å². The van der Waals surface area contributed by atoms with Gasteiger partial charge in [-0.1, -0.05) is 54.7 Å². The van der Waals surface area contributed by atoms with Gasteiger partial charge in [-0.25, -0.2) is 9.97 Å². The van der Waals surface area contributed by atoms with Crippen molar-refractivity contribution in [3.63, 3.8) is 0 Å². The summed E-state index contributed by atoms with van der Waals surface area (Å²) in [5.41, 5.74) is 1.72. The Morgan fingerprint density at radius 2 is 1.71 bits per heavy atom. The Bertz CT molecular complexity index is 639. The van der Waals surface area contributed by atoms with Gasteiger partial charge in [0.15, 0.2) is 0 Å². The van der Waals surface area contributed by atoms with E-state index in [1.165, 1.54) is 0 Å². The van der Waals surface area contributed by atoms with E-state index >= 15 is 0 Å². The van der Waals surface area contributed by atoms with Gasteiger partial charge in [0.05, 0.1) is 10.2 Å². The molecule has 0 aliphatic rings. The van der Waals surface area contributed by atoms with Crippen molar-refractivity contribution in [1.29, 1.82) is 0 Å². The maximum Gasteiger partial charge on any atom is 0.147 e. The van der Waals surface area contributed by atoms with Crippen molar-refractivity contribution in [2.75, 3.05) is 0 Å². The van der Waals surface area contributed by atoms with Crippen LogP contribution in [0.1, 0.15) is 30.9 Å². The van der Waals surface area contributed by atoms with Crippen LogP contribution in [0.5, 0.6) is 0 Å². The predicted octanol–water partition coefficient (Wildman–Crippen LogP) is 5.99. The summed E-state index contributed by atoms with van der Waals surface area (Å²) in [5.74, 6) is 1.10. The third kappa shape index (κ3) is 4.32. The molecule has 0 spiro atoms. The first-order valence-corrected chi connectivity index (χ1v) is 8.44. The molecule has 2 nitrogen and oxygen atoms in total. The summed E-state index contributed by atoms with van der Waals surface area (Å²) in [4.78, 5) is 8.90. The van der Waals surface area contributed by atoms with Gasteiger partial charge in [0.1, 0.15) is 11.0 Å². The van der Waals surface area contributed by atoms with Gasteiger partial charge in [0.2, 0.25) is 0 Å². The maximum atomic E-state index is 6.19.